The summed E-state index contributed by atoms with van der Waals surface area (Å²) in [7, 11) is 0. The summed E-state index contributed by atoms with van der Waals surface area (Å²) in [4.78, 5) is 0. The van der Waals surface area contributed by atoms with E-state index in [1.165, 1.54) is 0 Å². The molecule has 0 aromatic carbocycles. The summed E-state index contributed by atoms with van der Waals surface area (Å²) in [6, 6.07) is 0. The zero-order valence-electron chi connectivity index (χ0n) is 5.15. The third kappa shape index (κ3) is 5.00. The van der Waals surface area contributed by atoms with Crippen molar-refractivity contribution in [2.24, 2.45) is 0 Å². The first-order chi connectivity index (χ1) is 3.77. The van der Waals surface area contributed by atoms with E-state index in [2.05, 4.69) is 18.9 Å². The van der Waals surface area contributed by atoms with Gasteiger partial charge in [0.1, 0.15) is 0 Å². The molecule has 0 spiro atoms. The molecular formula is C8H10. The highest BCUT2D eigenvalue weighted by molar-refractivity contribution is 5.15. The zero-order valence-corrected chi connectivity index (χ0v) is 5.15. The van der Waals surface area contributed by atoms with Gasteiger partial charge in [0.15, 0.2) is 0 Å². The van der Waals surface area contributed by atoms with Gasteiger partial charge in [0.2, 0.25) is 0 Å². The zero-order chi connectivity index (χ0) is 6.41. The summed E-state index contributed by atoms with van der Waals surface area (Å²) in [5.74, 6) is 0. The van der Waals surface area contributed by atoms with Crippen molar-refractivity contribution in [3.8, 4) is 0 Å². The Labute approximate surface area is 50.5 Å². The van der Waals surface area contributed by atoms with E-state index in [-0.39, 0.29) is 0 Å². The van der Waals surface area contributed by atoms with Gasteiger partial charge in [-0.1, -0.05) is 30.9 Å². The molecule has 0 nitrogen and oxygen atoms in total. The molecule has 0 heteroatoms. The molecule has 0 aliphatic rings. The quantitative estimate of drug-likeness (QED) is 0.374. The van der Waals surface area contributed by atoms with E-state index >= 15 is 0 Å². The van der Waals surface area contributed by atoms with Gasteiger partial charge in [-0.2, -0.15) is 0 Å². The highest BCUT2D eigenvalue weighted by Crippen LogP contribution is 1.87. The molecule has 0 heterocycles. The van der Waals surface area contributed by atoms with E-state index in [1.54, 1.807) is 6.08 Å². The topological polar surface area (TPSA) is 0 Å². The number of hydrogen-bond acceptors (Lipinski definition) is 0. The maximum Gasteiger partial charge on any atom is -0.0206 e. The average molecular weight is 106 g/mol. The van der Waals surface area contributed by atoms with Gasteiger partial charge >= 0.3 is 0 Å². The van der Waals surface area contributed by atoms with Gasteiger partial charge in [-0.05, 0) is 13.0 Å². The Morgan fingerprint density at radius 2 is 2.25 bits per heavy atom. The van der Waals surface area contributed by atoms with Gasteiger partial charge in [-0.25, -0.2) is 0 Å². The first kappa shape index (κ1) is 7.00. The molecule has 0 saturated carbocycles. The largest absolute Gasteiger partial charge is 0.129 e. The van der Waals surface area contributed by atoms with Crippen LogP contribution in [0.4, 0.5) is 0 Å². The van der Waals surface area contributed by atoms with Gasteiger partial charge in [-0.3, -0.25) is 0 Å². The van der Waals surface area contributed by atoms with Crippen molar-refractivity contribution in [2.75, 3.05) is 0 Å². The molecule has 0 aliphatic heterocycles. The summed E-state index contributed by atoms with van der Waals surface area (Å²) in [6.45, 7) is 9.01. The molecule has 0 unspecified atom stereocenters. The van der Waals surface area contributed by atoms with Crippen LogP contribution in [0.5, 0.6) is 0 Å². The molecule has 0 aliphatic carbocycles. The minimum atomic E-state index is 1.04. The van der Waals surface area contributed by atoms with Crippen LogP contribution in [0.3, 0.4) is 0 Å². The van der Waals surface area contributed by atoms with Crippen LogP contribution in [-0.2, 0) is 0 Å². The van der Waals surface area contributed by atoms with E-state index < -0.39 is 0 Å². The Bertz CT molecular complexity index is 139. The summed E-state index contributed by atoms with van der Waals surface area (Å²) in [5, 5.41) is 0. The maximum atomic E-state index is 3.67. The average Bonchev–Trinajstić information content (AvgIpc) is 1.66. The molecule has 0 aromatic heterocycles. The lowest BCUT2D eigenvalue weighted by Gasteiger charge is -1.77. The summed E-state index contributed by atoms with van der Waals surface area (Å²) < 4.78 is 0. The Kier molecular flexibility index (Phi) is 3.65. The monoisotopic (exact) mass is 106 g/mol. The van der Waals surface area contributed by atoms with Gasteiger partial charge in [0, 0.05) is 0 Å². The fourth-order valence-electron chi connectivity index (χ4n) is 0.280. The second kappa shape index (κ2) is 4.17. The summed E-state index contributed by atoms with van der Waals surface area (Å²) in [6.07, 6.45) is 5.50. The van der Waals surface area contributed by atoms with Crippen molar-refractivity contribution in [2.45, 2.75) is 6.92 Å². The second-order valence-electron chi connectivity index (χ2n) is 1.58. The fraction of sp³-hybridized carbons (Fsp3) is 0.125. The first-order valence-electron chi connectivity index (χ1n) is 2.45. The van der Waals surface area contributed by atoms with Crippen LogP contribution in [0.15, 0.2) is 42.7 Å². The maximum absolute atomic E-state index is 3.67. The molecule has 8 heavy (non-hydrogen) atoms. The van der Waals surface area contributed by atoms with E-state index in [4.69, 9.17) is 0 Å². The van der Waals surface area contributed by atoms with Gasteiger partial charge < -0.3 is 0 Å². The second-order valence-corrected chi connectivity index (χ2v) is 1.58. The molecule has 0 N–H and O–H groups in total. The molecule has 42 valence electrons. The molecule has 0 aromatic rings. The first-order valence-corrected chi connectivity index (χ1v) is 2.45. The van der Waals surface area contributed by atoms with Crippen LogP contribution >= 0.6 is 0 Å². The fourth-order valence-corrected chi connectivity index (χ4v) is 0.280. The Morgan fingerprint density at radius 3 is 2.62 bits per heavy atom. The van der Waals surface area contributed by atoms with Crippen LogP contribution < -0.4 is 0 Å². The van der Waals surface area contributed by atoms with Crippen molar-refractivity contribution in [3.05, 3.63) is 42.7 Å². The van der Waals surface area contributed by atoms with E-state index in [1.807, 2.05) is 19.1 Å². The van der Waals surface area contributed by atoms with Gasteiger partial charge in [0.25, 0.3) is 0 Å². The van der Waals surface area contributed by atoms with Gasteiger partial charge in [-0.15, -0.1) is 5.73 Å². The molecule has 0 rings (SSSR count). The Hall–Kier alpha value is -1.00. The number of hydrogen-bond donors (Lipinski definition) is 0. The summed E-state index contributed by atoms with van der Waals surface area (Å²) >= 11 is 0. The molecule has 0 amide bonds. The molecule has 0 atom stereocenters. The molecule has 0 bridgehead atoms. The SMILES string of the molecule is C=C=CC=CC(=C)C. The minimum Gasteiger partial charge on any atom is -0.129 e. The van der Waals surface area contributed by atoms with Crippen LogP contribution in [0.1, 0.15) is 6.92 Å². The van der Waals surface area contributed by atoms with Crippen LogP contribution in [-0.4, -0.2) is 0 Å². The van der Waals surface area contributed by atoms with E-state index in [0.717, 1.165) is 5.57 Å². The van der Waals surface area contributed by atoms with Crippen molar-refractivity contribution in [3.63, 3.8) is 0 Å². The third-order valence-electron chi connectivity index (χ3n) is 0.595. The lowest BCUT2D eigenvalue weighted by atomic mass is 10.3. The molecular weight excluding hydrogens is 96.1 g/mol. The standard InChI is InChI=1S/C8H10/c1-4-5-6-7-8(2)3/h5-7H,1-2H2,3H3. The third-order valence-corrected chi connectivity index (χ3v) is 0.595. The molecule has 0 fully saturated rings. The van der Waals surface area contributed by atoms with E-state index in [9.17, 15) is 0 Å². The number of allylic oxidation sites excluding steroid dienone is 4. The molecule has 0 saturated heterocycles. The predicted molar refractivity (Wildman–Crippen MR) is 37.7 cm³/mol. The van der Waals surface area contributed by atoms with Crippen molar-refractivity contribution in [1.82, 2.24) is 0 Å². The molecule has 0 radical (unpaired) electrons. The predicted octanol–water partition coefficient (Wildman–Crippen LogP) is 2.46. The summed E-state index contributed by atoms with van der Waals surface area (Å²) in [5.41, 5.74) is 3.66. The Balaban J connectivity index is 3.67. The van der Waals surface area contributed by atoms with Crippen LogP contribution in [0.25, 0.3) is 0 Å². The Morgan fingerprint density at radius 1 is 1.62 bits per heavy atom. The lowest BCUT2D eigenvalue weighted by Crippen LogP contribution is -1.56. The minimum absolute atomic E-state index is 1.04. The highest BCUT2D eigenvalue weighted by Gasteiger charge is 1.66. The van der Waals surface area contributed by atoms with Crippen LogP contribution in [0, 0.1) is 0 Å². The van der Waals surface area contributed by atoms with Crippen molar-refractivity contribution in [1.29, 1.82) is 0 Å². The lowest BCUT2D eigenvalue weighted by molar-refractivity contribution is 1.56. The highest BCUT2D eigenvalue weighted by atomic mass is 13.7. The normalized spacial score (nSPS) is 8.62. The van der Waals surface area contributed by atoms with Crippen LogP contribution in [0.2, 0.25) is 0 Å². The number of rotatable bonds is 2. The van der Waals surface area contributed by atoms with Gasteiger partial charge in [0.05, 0.1) is 0 Å². The van der Waals surface area contributed by atoms with E-state index in [0.29, 0.717) is 0 Å². The van der Waals surface area contributed by atoms with Crippen molar-refractivity contribution < 1.29 is 0 Å². The van der Waals surface area contributed by atoms with Crippen molar-refractivity contribution >= 4 is 0 Å². The smallest absolute Gasteiger partial charge is 0.0206 e.